The van der Waals surface area contributed by atoms with E-state index in [9.17, 15) is 4.79 Å². The first-order valence-corrected chi connectivity index (χ1v) is 6.60. The van der Waals surface area contributed by atoms with Crippen LogP contribution >= 0.6 is 27.5 Å². The number of carbonyl (C=O) groups is 1. The molecule has 1 aromatic heterocycles. The van der Waals surface area contributed by atoms with Gasteiger partial charge in [-0.05, 0) is 34.8 Å². The Morgan fingerprint density at radius 3 is 3.12 bits per heavy atom. The average Bonchev–Trinajstić information content (AvgIpc) is 2.77. The third-order valence-corrected chi connectivity index (χ3v) is 3.65. The molecule has 92 valence electrons. The van der Waals surface area contributed by atoms with E-state index in [2.05, 4.69) is 26.2 Å². The number of carbonyl (C=O) groups excluding carboxylic acids is 1. The van der Waals surface area contributed by atoms with Crippen LogP contribution in [0.3, 0.4) is 0 Å². The highest BCUT2D eigenvalue weighted by molar-refractivity contribution is 9.10. The molecular weight excluding hydrogens is 305 g/mol. The number of halogens is 2. The predicted octanol–water partition coefficient (Wildman–Crippen LogP) is 2.21. The zero-order chi connectivity index (χ0) is 12.4. The van der Waals surface area contributed by atoms with Crippen LogP contribution in [0.5, 0.6) is 0 Å². The van der Waals surface area contributed by atoms with E-state index < -0.39 is 0 Å². The van der Waals surface area contributed by atoms with E-state index in [0.29, 0.717) is 5.02 Å². The van der Waals surface area contributed by atoms with Gasteiger partial charge in [0, 0.05) is 19.8 Å². The summed E-state index contributed by atoms with van der Waals surface area (Å²) in [5, 5.41) is 3.27. The summed E-state index contributed by atoms with van der Waals surface area (Å²) in [6, 6.07) is 1.66. The Hall–Kier alpha value is -0.810. The number of nitrogens with one attached hydrogen (secondary N) is 1. The number of amides is 1. The second-order valence-corrected chi connectivity index (χ2v) is 5.22. The highest BCUT2D eigenvalue weighted by Crippen LogP contribution is 2.31. The Kier molecular flexibility index (Phi) is 3.89. The van der Waals surface area contributed by atoms with Gasteiger partial charge < -0.3 is 10.2 Å². The van der Waals surface area contributed by atoms with E-state index in [4.69, 9.17) is 11.6 Å². The molecule has 4 nitrogen and oxygen atoms in total. The van der Waals surface area contributed by atoms with Crippen molar-refractivity contribution >= 4 is 39.3 Å². The van der Waals surface area contributed by atoms with E-state index in [1.807, 2.05) is 4.90 Å². The molecule has 2 heterocycles. The van der Waals surface area contributed by atoms with Crippen molar-refractivity contribution in [3.8, 4) is 0 Å². The van der Waals surface area contributed by atoms with Gasteiger partial charge in [0.1, 0.15) is 11.9 Å². The van der Waals surface area contributed by atoms with Crippen molar-refractivity contribution in [3.63, 3.8) is 0 Å². The van der Waals surface area contributed by atoms with E-state index in [-0.39, 0.29) is 11.9 Å². The maximum atomic E-state index is 11.8. The van der Waals surface area contributed by atoms with Crippen molar-refractivity contribution in [2.45, 2.75) is 18.9 Å². The van der Waals surface area contributed by atoms with Gasteiger partial charge in [-0.25, -0.2) is 4.98 Å². The van der Waals surface area contributed by atoms with Gasteiger partial charge in [-0.1, -0.05) is 11.6 Å². The molecule has 0 aromatic carbocycles. The third kappa shape index (κ3) is 2.55. The second kappa shape index (κ2) is 5.23. The minimum absolute atomic E-state index is 0.0335. The Morgan fingerprint density at radius 2 is 2.47 bits per heavy atom. The minimum atomic E-state index is -0.134. The van der Waals surface area contributed by atoms with Gasteiger partial charge in [0.25, 0.3) is 0 Å². The lowest BCUT2D eigenvalue weighted by atomic mass is 10.2. The molecule has 1 amide bonds. The lowest BCUT2D eigenvalue weighted by molar-refractivity contribution is -0.121. The van der Waals surface area contributed by atoms with Gasteiger partial charge in [-0.2, -0.15) is 0 Å². The maximum Gasteiger partial charge on any atom is 0.242 e. The molecule has 0 aliphatic carbocycles. The van der Waals surface area contributed by atoms with Crippen LogP contribution in [0.2, 0.25) is 5.02 Å². The number of anilines is 1. The summed E-state index contributed by atoms with van der Waals surface area (Å²) in [6.07, 6.45) is 3.45. The summed E-state index contributed by atoms with van der Waals surface area (Å²) in [5.41, 5.74) is 0. The molecular formula is C11H13BrClN3O. The molecule has 0 radical (unpaired) electrons. The molecule has 1 saturated heterocycles. The van der Waals surface area contributed by atoms with Crippen molar-refractivity contribution in [1.82, 2.24) is 10.3 Å². The van der Waals surface area contributed by atoms with Crippen molar-refractivity contribution in [2.24, 2.45) is 0 Å². The van der Waals surface area contributed by atoms with E-state index in [0.717, 1.165) is 29.7 Å². The highest BCUT2D eigenvalue weighted by Gasteiger charge is 2.31. The van der Waals surface area contributed by atoms with Crippen molar-refractivity contribution in [3.05, 3.63) is 21.8 Å². The number of rotatable bonds is 2. The number of hydrogen-bond donors (Lipinski definition) is 1. The first-order valence-electron chi connectivity index (χ1n) is 5.42. The molecule has 1 atom stereocenters. The summed E-state index contributed by atoms with van der Waals surface area (Å²) >= 11 is 9.29. The smallest absolute Gasteiger partial charge is 0.242 e. The fourth-order valence-electron chi connectivity index (χ4n) is 2.08. The largest absolute Gasteiger partial charge is 0.357 e. The summed E-state index contributed by atoms with van der Waals surface area (Å²) < 4.78 is 0.820. The first kappa shape index (κ1) is 12.6. The Bertz CT molecular complexity index is 441. The quantitative estimate of drug-likeness (QED) is 0.909. The molecule has 0 spiro atoms. The Morgan fingerprint density at radius 1 is 1.71 bits per heavy atom. The van der Waals surface area contributed by atoms with Crippen LogP contribution in [0.4, 0.5) is 5.82 Å². The SMILES string of the molecule is CNC(=O)C1CCCN1c1ncc(Cl)cc1Br. The molecule has 17 heavy (non-hydrogen) atoms. The Labute approximate surface area is 113 Å². The van der Waals surface area contributed by atoms with Gasteiger partial charge in [0.05, 0.1) is 9.50 Å². The zero-order valence-corrected chi connectivity index (χ0v) is 11.8. The van der Waals surface area contributed by atoms with Crippen LogP contribution in [-0.2, 0) is 4.79 Å². The average molecular weight is 319 g/mol. The van der Waals surface area contributed by atoms with Crippen LogP contribution < -0.4 is 10.2 Å². The minimum Gasteiger partial charge on any atom is -0.357 e. The third-order valence-electron chi connectivity index (χ3n) is 2.86. The monoisotopic (exact) mass is 317 g/mol. The Balaban J connectivity index is 2.29. The summed E-state index contributed by atoms with van der Waals surface area (Å²) in [6.45, 7) is 0.839. The normalized spacial score (nSPS) is 19.5. The molecule has 1 aromatic rings. The summed E-state index contributed by atoms with van der Waals surface area (Å²) in [4.78, 5) is 18.1. The predicted molar refractivity (Wildman–Crippen MR) is 71.4 cm³/mol. The van der Waals surface area contributed by atoms with Gasteiger partial charge in [-0.3, -0.25) is 4.79 Å². The van der Waals surface area contributed by atoms with Gasteiger partial charge in [-0.15, -0.1) is 0 Å². The molecule has 6 heteroatoms. The van der Waals surface area contributed by atoms with Crippen molar-refractivity contribution < 1.29 is 4.79 Å². The lowest BCUT2D eigenvalue weighted by Crippen LogP contribution is -2.42. The standard InChI is InChI=1S/C11H13BrClN3O/c1-14-11(17)9-3-2-4-16(9)10-8(12)5-7(13)6-15-10/h5-6,9H,2-4H2,1H3,(H,14,17). The molecule has 1 unspecified atom stereocenters. The number of hydrogen-bond acceptors (Lipinski definition) is 3. The van der Waals surface area contributed by atoms with E-state index in [1.165, 1.54) is 0 Å². The zero-order valence-electron chi connectivity index (χ0n) is 9.41. The van der Waals surface area contributed by atoms with Crippen molar-refractivity contribution in [1.29, 1.82) is 0 Å². The number of aromatic nitrogens is 1. The molecule has 2 rings (SSSR count). The highest BCUT2D eigenvalue weighted by atomic mass is 79.9. The molecule has 0 bridgehead atoms. The van der Waals surface area contributed by atoms with Crippen LogP contribution in [-0.4, -0.2) is 30.5 Å². The van der Waals surface area contributed by atoms with Gasteiger partial charge in [0.15, 0.2) is 0 Å². The van der Waals surface area contributed by atoms with Gasteiger partial charge in [0.2, 0.25) is 5.91 Å². The topological polar surface area (TPSA) is 45.2 Å². The number of nitrogens with zero attached hydrogens (tertiary/aromatic N) is 2. The summed E-state index contributed by atoms with van der Waals surface area (Å²) in [7, 11) is 1.66. The van der Waals surface area contributed by atoms with E-state index in [1.54, 1.807) is 19.3 Å². The first-order chi connectivity index (χ1) is 8.13. The summed E-state index contributed by atoms with van der Waals surface area (Å²) in [5.74, 6) is 0.812. The van der Waals surface area contributed by atoms with Crippen LogP contribution in [0.15, 0.2) is 16.7 Å². The second-order valence-electron chi connectivity index (χ2n) is 3.92. The molecule has 1 fully saturated rings. The maximum absolute atomic E-state index is 11.8. The fraction of sp³-hybridized carbons (Fsp3) is 0.455. The van der Waals surface area contributed by atoms with Crippen molar-refractivity contribution in [2.75, 3.05) is 18.5 Å². The molecule has 1 N–H and O–H groups in total. The van der Waals surface area contributed by atoms with Crippen LogP contribution in [0.25, 0.3) is 0 Å². The lowest BCUT2D eigenvalue weighted by Gasteiger charge is -2.25. The molecule has 1 aliphatic rings. The van der Waals surface area contributed by atoms with E-state index >= 15 is 0 Å². The number of likely N-dealkylation sites (N-methyl/N-ethyl adjacent to an activating group) is 1. The van der Waals surface area contributed by atoms with Crippen LogP contribution in [0.1, 0.15) is 12.8 Å². The molecule has 1 aliphatic heterocycles. The van der Waals surface area contributed by atoms with Crippen LogP contribution in [0, 0.1) is 0 Å². The molecule has 0 saturated carbocycles. The fourth-order valence-corrected chi connectivity index (χ4v) is 2.94. The number of pyridine rings is 1. The van der Waals surface area contributed by atoms with Gasteiger partial charge >= 0.3 is 0 Å².